The van der Waals surface area contributed by atoms with E-state index in [-0.39, 0.29) is 24.4 Å². The van der Waals surface area contributed by atoms with Gasteiger partial charge >= 0.3 is 5.97 Å². The zero-order valence-corrected chi connectivity index (χ0v) is 12.6. The van der Waals surface area contributed by atoms with E-state index in [9.17, 15) is 14.4 Å². The Kier molecular flexibility index (Phi) is 4.31. The summed E-state index contributed by atoms with van der Waals surface area (Å²) >= 11 is 0. The molecule has 2 fully saturated rings. The Labute approximate surface area is 120 Å². The molecule has 0 N–H and O–H groups in total. The lowest BCUT2D eigenvalue weighted by molar-refractivity contribution is -0.185. The van der Waals surface area contributed by atoms with Crippen LogP contribution in [0.15, 0.2) is 0 Å². The van der Waals surface area contributed by atoms with Crippen LogP contribution in [0.3, 0.4) is 0 Å². The van der Waals surface area contributed by atoms with Crippen LogP contribution in [0.4, 0.5) is 0 Å². The highest BCUT2D eigenvalue weighted by atomic mass is 16.6. The number of rotatable bonds is 3. The maximum atomic E-state index is 12.3. The van der Waals surface area contributed by atoms with Crippen molar-refractivity contribution in [1.82, 2.24) is 0 Å². The van der Waals surface area contributed by atoms with Gasteiger partial charge in [0.05, 0.1) is 0 Å². The molecule has 3 atom stereocenters. The van der Waals surface area contributed by atoms with Gasteiger partial charge in [-0.15, -0.1) is 0 Å². The van der Waals surface area contributed by atoms with Crippen molar-refractivity contribution in [3.8, 4) is 0 Å². The van der Waals surface area contributed by atoms with Gasteiger partial charge in [0.25, 0.3) is 0 Å². The number of ether oxygens (including phenoxy) is 1. The van der Waals surface area contributed by atoms with Gasteiger partial charge in [-0.2, -0.15) is 0 Å². The van der Waals surface area contributed by atoms with Crippen LogP contribution >= 0.6 is 0 Å². The molecule has 1 aliphatic carbocycles. The summed E-state index contributed by atoms with van der Waals surface area (Å²) in [5.74, 6) is -1.39. The monoisotopic (exact) mass is 280 g/mol. The van der Waals surface area contributed by atoms with Gasteiger partial charge in [-0.3, -0.25) is 14.4 Å². The normalized spacial score (nSPS) is 37.9. The van der Waals surface area contributed by atoms with E-state index in [0.29, 0.717) is 18.3 Å². The number of hydrogen-bond acceptors (Lipinski definition) is 4. The predicted octanol–water partition coefficient (Wildman–Crippen LogP) is 2.68. The van der Waals surface area contributed by atoms with Gasteiger partial charge in [-0.1, -0.05) is 20.8 Å². The summed E-state index contributed by atoms with van der Waals surface area (Å²) in [6.07, 6.45) is 3.71. The third-order valence-corrected chi connectivity index (χ3v) is 4.44. The second-order valence-electron chi connectivity index (χ2n) is 6.75. The molecule has 2 aliphatic rings. The highest BCUT2D eigenvalue weighted by Gasteiger charge is 2.51. The molecule has 4 nitrogen and oxygen atoms in total. The van der Waals surface area contributed by atoms with Gasteiger partial charge in [-0.05, 0) is 37.5 Å². The van der Waals surface area contributed by atoms with Crippen LogP contribution in [-0.4, -0.2) is 23.1 Å². The molecule has 3 unspecified atom stereocenters. The zero-order chi connectivity index (χ0) is 14.9. The minimum atomic E-state index is -1.16. The van der Waals surface area contributed by atoms with Gasteiger partial charge < -0.3 is 4.74 Å². The Hall–Kier alpha value is -1.19. The third-order valence-electron chi connectivity index (χ3n) is 4.44. The average Bonchev–Trinajstić information content (AvgIpc) is 2.25. The largest absolute Gasteiger partial charge is 0.458 e. The van der Waals surface area contributed by atoms with Crippen LogP contribution in [0.1, 0.15) is 59.3 Å². The smallest absolute Gasteiger partial charge is 0.324 e. The number of esters is 1. The summed E-state index contributed by atoms with van der Waals surface area (Å²) in [5.41, 5.74) is -0.645. The molecule has 112 valence electrons. The first-order valence-corrected chi connectivity index (χ1v) is 7.65. The summed E-state index contributed by atoms with van der Waals surface area (Å²) < 4.78 is 5.63. The van der Waals surface area contributed by atoms with Crippen LogP contribution in [-0.2, 0) is 19.1 Å². The molecule has 1 saturated heterocycles. The average molecular weight is 280 g/mol. The minimum absolute atomic E-state index is 0.216. The molecule has 1 spiro atoms. The highest BCUT2D eigenvalue weighted by Crippen LogP contribution is 2.43. The molecular weight excluding hydrogens is 256 g/mol. The summed E-state index contributed by atoms with van der Waals surface area (Å²) in [5, 5.41) is 0. The highest BCUT2D eigenvalue weighted by molar-refractivity contribution is 6.18. The lowest BCUT2D eigenvalue weighted by Gasteiger charge is -2.45. The van der Waals surface area contributed by atoms with Crippen molar-refractivity contribution >= 4 is 17.5 Å². The van der Waals surface area contributed by atoms with E-state index in [4.69, 9.17) is 4.74 Å². The molecule has 1 heterocycles. The van der Waals surface area contributed by atoms with E-state index in [1.54, 1.807) is 0 Å². The van der Waals surface area contributed by atoms with Crippen LogP contribution < -0.4 is 0 Å². The number of carbonyl (C=O) groups excluding carboxylic acids is 3. The van der Waals surface area contributed by atoms with Gasteiger partial charge in [-0.25, -0.2) is 0 Å². The van der Waals surface area contributed by atoms with Crippen molar-refractivity contribution in [2.75, 3.05) is 0 Å². The maximum absolute atomic E-state index is 12.3. The molecule has 2 rings (SSSR count). The van der Waals surface area contributed by atoms with Crippen molar-refractivity contribution in [3.05, 3.63) is 0 Å². The van der Waals surface area contributed by atoms with Crippen LogP contribution in [0.2, 0.25) is 0 Å². The van der Waals surface area contributed by atoms with E-state index in [1.165, 1.54) is 0 Å². The van der Waals surface area contributed by atoms with Crippen molar-refractivity contribution in [2.24, 2.45) is 17.8 Å². The molecule has 0 radical (unpaired) electrons. The maximum Gasteiger partial charge on any atom is 0.324 e. The number of ketones is 2. The SMILES string of the molecule is CCCC(=O)C1C(=O)CC2(CC(C)CC(C)C2)OC1=O. The zero-order valence-electron chi connectivity index (χ0n) is 12.6. The predicted molar refractivity (Wildman–Crippen MR) is 74.0 cm³/mol. The third kappa shape index (κ3) is 2.94. The van der Waals surface area contributed by atoms with Gasteiger partial charge in [0.1, 0.15) is 5.60 Å². The standard InChI is InChI=1S/C16H24O4/c1-4-5-12(17)14-13(18)9-16(20-15(14)19)7-10(2)6-11(3)8-16/h10-11,14H,4-9H2,1-3H3. The quantitative estimate of drug-likeness (QED) is 0.589. The van der Waals surface area contributed by atoms with Gasteiger partial charge in [0.15, 0.2) is 17.5 Å². The molecule has 20 heavy (non-hydrogen) atoms. The molecule has 0 aromatic carbocycles. The Bertz CT molecular complexity index is 396. The molecule has 0 bridgehead atoms. The fourth-order valence-electron chi connectivity index (χ4n) is 4.00. The van der Waals surface area contributed by atoms with E-state index < -0.39 is 17.5 Å². The second kappa shape index (κ2) is 5.66. The van der Waals surface area contributed by atoms with Crippen molar-refractivity contribution < 1.29 is 19.1 Å². The molecule has 4 heteroatoms. The Morgan fingerprint density at radius 1 is 1.25 bits per heavy atom. The van der Waals surface area contributed by atoms with Crippen LogP contribution in [0.25, 0.3) is 0 Å². The van der Waals surface area contributed by atoms with Crippen LogP contribution in [0.5, 0.6) is 0 Å². The van der Waals surface area contributed by atoms with E-state index in [0.717, 1.165) is 19.3 Å². The fourth-order valence-corrected chi connectivity index (χ4v) is 4.00. The van der Waals surface area contributed by atoms with E-state index >= 15 is 0 Å². The first-order valence-electron chi connectivity index (χ1n) is 7.65. The number of carbonyl (C=O) groups is 3. The lowest BCUT2D eigenvalue weighted by atomic mass is 9.69. The Morgan fingerprint density at radius 2 is 1.85 bits per heavy atom. The van der Waals surface area contributed by atoms with Crippen molar-refractivity contribution in [2.45, 2.75) is 64.9 Å². The molecule has 1 saturated carbocycles. The number of Topliss-reactive ketones (excluding diaryl/α,β-unsaturated/α-hetero) is 2. The van der Waals surface area contributed by atoms with Gasteiger partial charge in [0, 0.05) is 12.8 Å². The molecule has 0 amide bonds. The minimum Gasteiger partial charge on any atom is -0.458 e. The first kappa shape index (κ1) is 15.2. The Morgan fingerprint density at radius 3 is 2.35 bits per heavy atom. The topological polar surface area (TPSA) is 60.4 Å². The summed E-state index contributed by atoms with van der Waals surface area (Å²) in [6.45, 7) is 6.12. The molecule has 1 aliphatic heterocycles. The molecule has 0 aromatic rings. The lowest BCUT2D eigenvalue weighted by Crippen LogP contribution is -2.52. The molecule has 0 aromatic heterocycles. The molecular formula is C16H24O4. The Balaban J connectivity index is 2.15. The van der Waals surface area contributed by atoms with Gasteiger partial charge in [0.2, 0.25) is 0 Å². The summed E-state index contributed by atoms with van der Waals surface area (Å²) in [4.78, 5) is 36.3. The summed E-state index contributed by atoms with van der Waals surface area (Å²) in [7, 11) is 0. The summed E-state index contributed by atoms with van der Waals surface area (Å²) in [6, 6.07) is 0. The van der Waals surface area contributed by atoms with Crippen molar-refractivity contribution in [1.29, 1.82) is 0 Å². The fraction of sp³-hybridized carbons (Fsp3) is 0.812. The number of hydrogen-bond donors (Lipinski definition) is 0. The van der Waals surface area contributed by atoms with Crippen molar-refractivity contribution in [3.63, 3.8) is 0 Å². The second-order valence-corrected chi connectivity index (χ2v) is 6.75. The van der Waals surface area contributed by atoms with E-state index in [1.807, 2.05) is 6.92 Å². The van der Waals surface area contributed by atoms with E-state index in [2.05, 4.69) is 13.8 Å². The van der Waals surface area contributed by atoms with Crippen LogP contribution in [0, 0.1) is 17.8 Å². The first-order chi connectivity index (χ1) is 9.37.